The Balaban J connectivity index is 2.36. The Morgan fingerprint density at radius 1 is 1.05 bits per heavy atom. The first-order valence-electron chi connectivity index (χ1n) is 5.59. The third-order valence-electron chi connectivity index (χ3n) is 2.60. The van der Waals surface area contributed by atoms with Crippen LogP contribution in [0, 0.1) is 10.1 Å². The molecule has 0 aliphatic carbocycles. The summed E-state index contributed by atoms with van der Waals surface area (Å²) >= 11 is 17.8. The predicted octanol–water partition coefficient (Wildman–Crippen LogP) is 4.81. The van der Waals surface area contributed by atoms with E-state index in [1.54, 1.807) is 6.07 Å². The topological polar surface area (TPSA) is 72.2 Å². The molecule has 0 heterocycles. The summed E-state index contributed by atoms with van der Waals surface area (Å²) in [5.41, 5.74) is -0.0183. The van der Waals surface area contributed by atoms with Crippen molar-refractivity contribution < 1.29 is 9.72 Å². The van der Waals surface area contributed by atoms with Gasteiger partial charge in [0.1, 0.15) is 0 Å². The minimum absolute atomic E-state index is 0.0726. The highest BCUT2D eigenvalue weighted by atomic mass is 35.5. The molecule has 2 aromatic carbocycles. The Morgan fingerprint density at radius 2 is 1.67 bits per heavy atom. The van der Waals surface area contributed by atoms with Gasteiger partial charge in [-0.05, 0) is 18.2 Å². The Labute approximate surface area is 134 Å². The molecule has 0 fully saturated rings. The van der Waals surface area contributed by atoms with Crippen LogP contribution in [0.3, 0.4) is 0 Å². The Kier molecular flexibility index (Phi) is 4.67. The number of nitro groups is 1. The second-order valence-electron chi connectivity index (χ2n) is 3.97. The van der Waals surface area contributed by atoms with E-state index in [0.717, 1.165) is 6.07 Å². The molecule has 2 aromatic rings. The lowest BCUT2D eigenvalue weighted by Gasteiger charge is -2.09. The van der Waals surface area contributed by atoms with Crippen molar-refractivity contribution >= 4 is 52.1 Å². The van der Waals surface area contributed by atoms with Crippen molar-refractivity contribution in [2.24, 2.45) is 0 Å². The van der Waals surface area contributed by atoms with Crippen LogP contribution in [0.4, 0.5) is 11.4 Å². The predicted molar refractivity (Wildman–Crippen MR) is 82.5 cm³/mol. The van der Waals surface area contributed by atoms with Crippen LogP contribution in [0.2, 0.25) is 15.1 Å². The van der Waals surface area contributed by atoms with Crippen molar-refractivity contribution in [1.29, 1.82) is 0 Å². The van der Waals surface area contributed by atoms with Crippen LogP contribution < -0.4 is 5.32 Å². The van der Waals surface area contributed by atoms with E-state index < -0.39 is 10.8 Å². The minimum Gasteiger partial charge on any atom is -0.320 e. The van der Waals surface area contributed by atoms with E-state index in [9.17, 15) is 14.9 Å². The standard InChI is InChI=1S/C13H7Cl3N2O3/c14-8-5-4-7(18(20)21)6-11(8)17-13(19)12-9(15)2-1-3-10(12)16/h1-6H,(H,17,19). The lowest BCUT2D eigenvalue weighted by atomic mass is 10.2. The number of anilines is 1. The number of benzene rings is 2. The van der Waals surface area contributed by atoms with Gasteiger partial charge in [-0.2, -0.15) is 0 Å². The number of hydrogen-bond donors (Lipinski definition) is 1. The van der Waals surface area contributed by atoms with Gasteiger partial charge in [-0.3, -0.25) is 14.9 Å². The maximum Gasteiger partial charge on any atom is 0.271 e. The molecule has 5 nitrogen and oxygen atoms in total. The van der Waals surface area contributed by atoms with E-state index in [4.69, 9.17) is 34.8 Å². The zero-order valence-corrected chi connectivity index (χ0v) is 12.5. The van der Waals surface area contributed by atoms with Gasteiger partial charge >= 0.3 is 0 Å². The average molecular weight is 346 g/mol. The van der Waals surface area contributed by atoms with Crippen LogP contribution in [0.15, 0.2) is 36.4 Å². The molecule has 1 amide bonds. The smallest absolute Gasteiger partial charge is 0.271 e. The van der Waals surface area contributed by atoms with Crippen molar-refractivity contribution in [2.75, 3.05) is 5.32 Å². The third-order valence-corrected chi connectivity index (χ3v) is 3.56. The first kappa shape index (κ1) is 15.6. The second kappa shape index (κ2) is 6.30. The van der Waals surface area contributed by atoms with Crippen LogP contribution in [0.5, 0.6) is 0 Å². The largest absolute Gasteiger partial charge is 0.320 e. The molecule has 8 heteroatoms. The summed E-state index contributed by atoms with van der Waals surface area (Å²) < 4.78 is 0. The summed E-state index contributed by atoms with van der Waals surface area (Å²) in [6, 6.07) is 8.34. The second-order valence-corrected chi connectivity index (χ2v) is 5.19. The number of nitrogens with one attached hydrogen (secondary N) is 1. The highest BCUT2D eigenvalue weighted by molar-refractivity contribution is 6.40. The molecule has 0 bridgehead atoms. The molecule has 108 valence electrons. The van der Waals surface area contributed by atoms with Gasteiger partial charge in [-0.15, -0.1) is 0 Å². The number of rotatable bonds is 3. The number of carbonyl (C=O) groups excluding carboxylic acids is 1. The molecule has 0 spiro atoms. The van der Waals surface area contributed by atoms with E-state index in [1.807, 2.05) is 0 Å². The zero-order valence-electron chi connectivity index (χ0n) is 10.3. The van der Waals surface area contributed by atoms with Crippen molar-refractivity contribution in [1.82, 2.24) is 0 Å². The van der Waals surface area contributed by atoms with E-state index in [0.29, 0.717) is 0 Å². The molecule has 0 saturated carbocycles. The Hall–Kier alpha value is -1.82. The van der Waals surface area contributed by atoms with Crippen LogP contribution in [-0.2, 0) is 0 Å². The fourth-order valence-electron chi connectivity index (χ4n) is 1.62. The number of hydrogen-bond acceptors (Lipinski definition) is 3. The third kappa shape index (κ3) is 3.44. The van der Waals surface area contributed by atoms with Gasteiger partial charge in [0.05, 0.1) is 31.2 Å². The van der Waals surface area contributed by atoms with Gasteiger partial charge in [0.25, 0.3) is 11.6 Å². The average Bonchev–Trinajstić information content (AvgIpc) is 2.40. The highest BCUT2D eigenvalue weighted by Gasteiger charge is 2.17. The first-order chi connectivity index (χ1) is 9.90. The number of nitrogens with zero attached hydrogens (tertiary/aromatic N) is 1. The van der Waals surface area contributed by atoms with Crippen molar-refractivity contribution in [2.45, 2.75) is 0 Å². The maximum atomic E-state index is 12.2. The zero-order chi connectivity index (χ0) is 15.6. The van der Waals surface area contributed by atoms with E-state index in [1.165, 1.54) is 24.3 Å². The summed E-state index contributed by atoms with van der Waals surface area (Å²) in [6.45, 7) is 0. The lowest BCUT2D eigenvalue weighted by molar-refractivity contribution is -0.384. The van der Waals surface area contributed by atoms with Gasteiger partial charge in [0.2, 0.25) is 0 Å². The molecule has 0 aromatic heterocycles. The minimum atomic E-state index is -0.604. The van der Waals surface area contributed by atoms with Crippen molar-refractivity contribution in [3.63, 3.8) is 0 Å². The fraction of sp³-hybridized carbons (Fsp3) is 0. The molecule has 21 heavy (non-hydrogen) atoms. The normalized spacial score (nSPS) is 10.2. The molecule has 0 saturated heterocycles. The molecule has 0 aliphatic rings. The summed E-state index contributed by atoms with van der Waals surface area (Å²) in [6.07, 6.45) is 0. The number of amides is 1. The number of nitro benzene ring substituents is 1. The van der Waals surface area contributed by atoms with Crippen LogP contribution >= 0.6 is 34.8 Å². The summed E-state index contributed by atoms with van der Waals surface area (Å²) in [7, 11) is 0. The Bertz CT molecular complexity index is 714. The molecule has 0 radical (unpaired) electrons. The monoisotopic (exact) mass is 344 g/mol. The lowest BCUT2D eigenvalue weighted by Crippen LogP contribution is -2.13. The molecule has 1 N–H and O–H groups in total. The summed E-state index contributed by atoms with van der Waals surface area (Å²) in [4.78, 5) is 22.3. The SMILES string of the molecule is O=C(Nc1cc([N+](=O)[O-])ccc1Cl)c1c(Cl)cccc1Cl. The van der Waals surface area contributed by atoms with Gasteiger partial charge < -0.3 is 5.32 Å². The number of carbonyl (C=O) groups is 1. The van der Waals surface area contributed by atoms with Crippen molar-refractivity contribution in [3.05, 3.63) is 67.1 Å². The summed E-state index contributed by atoms with van der Waals surface area (Å²) in [5, 5.41) is 13.7. The number of halogens is 3. The van der Waals surface area contributed by atoms with E-state index in [-0.39, 0.29) is 32.0 Å². The Morgan fingerprint density at radius 3 is 2.24 bits per heavy atom. The van der Waals surface area contributed by atoms with Gasteiger partial charge in [0, 0.05) is 12.1 Å². The number of non-ortho nitro benzene ring substituents is 1. The van der Waals surface area contributed by atoms with Crippen molar-refractivity contribution in [3.8, 4) is 0 Å². The fourth-order valence-corrected chi connectivity index (χ4v) is 2.36. The highest BCUT2D eigenvalue weighted by Crippen LogP contribution is 2.29. The van der Waals surface area contributed by atoms with Crippen LogP contribution in [-0.4, -0.2) is 10.8 Å². The first-order valence-corrected chi connectivity index (χ1v) is 6.73. The molecule has 0 atom stereocenters. The van der Waals surface area contributed by atoms with E-state index >= 15 is 0 Å². The maximum absolute atomic E-state index is 12.2. The molecule has 2 rings (SSSR count). The van der Waals surface area contributed by atoms with Crippen LogP contribution in [0.1, 0.15) is 10.4 Å². The van der Waals surface area contributed by atoms with Gasteiger partial charge in [-0.1, -0.05) is 40.9 Å². The van der Waals surface area contributed by atoms with Gasteiger partial charge in [0.15, 0.2) is 0 Å². The van der Waals surface area contributed by atoms with Gasteiger partial charge in [-0.25, -0.2) is 0 Å². The summed E-state index contributed by atoms with van der Waals surface area (Å²) in [5.74, 6) is -0.604. The molecular formula is C13H7Cl3N2O3. The van der Waals surface area contributed by atoms with E-state index in [2.05, 4.69) is 5.32 Å². The molecular weight excluding hydrogens is 339 g/mol. The quantitative estimate of drug-likeness (QED) is 0.641. The molecule has 0 unspecified atom stereocenters. The van der Waals surface area contributed by atoms with Crippen LogP contribution in [0.25, 0.3) is 0 Å². The molecule has 0 aliphatic heterocycles.